The Morgan fingerprint density at radius 1 is 1.55 bits per heavy atom. The normalized spacial score (nSPS) is 9.55. The van der Waals surface area contributed by atoms with Crippen LogP contribution in [0.1, 0.15) is 11.1 Å². The van der Waals surface area contributed by atoms with Gasteiger partial charge in [-0.3, -0.25) is 0 Å². The minimum atomic E-state index is 0.246. The van der Waals surface area contributed by atoms with Gasteiger partial charge in [0.25, 0.3) is 0 Å². The summed E-state index contributed by atoms with van der Waals surface area (Å²) in [4.78, 5) is 0. The quantitative estimate of drug-likeness (QED) is 0.669. The molecule has 0 heterocycles. The van der Waals surface area contributed by atoms with Crippen LogP contribution < -0.4 is 5.73 Å². The molecule has 1 aromatic carbocycles. The van der Waals surface area contributed by atoms with Crippen LogP contribution in [0.5, 0.6) is 5.75 Å². The van der Waals surface area contributed by atoms with E-state index in [1.165, 1.54) is 0 Å². The lowest BCUT2D eigenvalue weighted by atomic mass is 10.1. The summed E-state index contributed by atoms with van der Waals surface area (Å²) < 4.78 is 0. The Morgan fingerprint density at radius 3 is 2.82 bits per heavy atom. The van der Waals surface area contributed by atoms with E-state index in [2.05, 4.69) is 6.58 Å². The van der Waals surface area contributed by atoms with Gasteiger partial charge in [-0.2, -0.15) is 0 Å². The van der Waals surface area contributed by atoms with E-state index in [1.807, 2.05) is 0 Å². The lowest BCUT2D eigenvalue weighted by Crippen LogP contribution is -1.98. The average molecular weight is 149 g/mol. The van der Waals surface area contributed by atoms with Crippen molar-refractivity contribution in [3.63, 3.8) is 0 Å². The molecule has 0 aliphatic heterocycles. The molecule has 0 aliphatic rings. The number of hydrogen-bond acceptors (Lipinski definition) is 2. The van der Waals surface area contributed by atoms with Crippen LogP contribution in [0.3, 0.4) is 0 Å². The van der Waals surface area contributed by atoms with Crippen LogP contribution in [0.2, 0.25) is 0 Å². The maximum atomic E-state index is 9.07. The topological polar surface area (TPSA) is 46.2 Å². The average Bonchev–Trinajstić information content (AvgIpc) is 2.04. The molecule has 0 atom stereocenters. The van der Waals surface area contributed by atoms with Crippen molar-refractivity contribution < 1.29 is 5.11 Å². The fourth-order valence-corrected chi connectivity index (χ4v) is 0.968. The minimum absolute atomic E-state index is 0.246. The van der Waals surface area contributed by atoms with Gasteiger partial charge in [-0.25, -0.2) is 0 Å². The summed E-state index contributed by atoms with van der Waals surface area (Å²) in [5, 5.41) is 9.07. The summed E-state index contributed by atoms with van der Waals surface area (Å²) in [7, 11) is 0. The van der Waals surface area contributed by atoms with Crippen molar-refractivity contribution in [2.24, 2.45) is 5.73 Å². The molecule has 2 nitrogen and oxygen atoms in total. The van der Waals surface area contributed by atoms with Crippen molar-refractivity contribution in [1.29, 1.82) is 0 Å². The van der Waals surface area contributed by atoms with Crippen molar-refractivity contribution in [3.05, 3.63) is 35.9 Å². The molecule has 0 amide bonds. The molecule has 0 aromatic heterocycles. The summed E-state index contributed by atoms with van der Waals surface area (Å²) in [5.41, 5.74) is 7.33. The highest BCUT2D eigenvalue weighted by Gasteiger charge is 1.97. The van der Waals surface area contributed by atoms with Crippen LogP contribution in [-0.2, 0) is 6.54 Å². The molecule has 0 bridgehead atoms. The summed E-state index contributed by atoms with van der Waals surface area (Å²) in [6.45, 7) is 4.06. The predicted octanol–water partition coefficient (Wildman–Crippen LogP) is 1.49. The number of rotatable bonds is 2. The van der Waals surface area contributed by atoms with Crippen LogP contribution in [0.15, 0.2) is 24.8 Å². The fourth-order valence-electron chi connectivity index (χ4n) is 0.968. The molecular formula is C9H11NO. The molecule has 1 rings (SSSR count). The first-order chi connectivity index (χ1) is 5.27. The van der Waals surface area contributed by atoms with E-state index in [0.717, 1.165) is 11.1 Å². The maximum absolute atomic E-state index is 9.07. The molecule has 0 saturated carbocycles. The standard InChI is InChI=1S/C9H11NO/c1-2-7-3-4-9(11)5-8(7)6-10/h2-5,11H,1,6,10H2. The Bertz CT molecular complexity index is 268. The molecule has 0 radical (unpaired) electrons. The van der Waals surface area contributed by atoms with Gasteiger partial charge in [0.15, 0.2) is 0 Å². The first kappa shape index (κ1) is 7.82. The third-order valence-electron chi connectivity index (χ3n) is 1.57. The van der Waals surface area contributed by atoms with Crippen LogP contribution >= 0.6 is 0 Å². The second-order valence-electron chi connectivity index (χ2n) is 2.29. The van der Waals surface area contributed by atoms with Crippen molar-refractivity contribution >= 4 is 6.08 Å². The number of aromatic hydroxyl groups is 1. The first-order valence-corrected chi connectivity index (χ1v) is 3.42. The monoisotopic (exact) mass is 149 g/mol. The fraction of sp³-hybridized carbons (Fsp3) is 0.111. The molecule has 0 spiro atoms. The summed E-state index contributed by atoms with van der Waals surface area (Å²) in [5.74, 6) is 0.246. The molecule has 1 aromatic rings. The van der Waals surface area contributed by atoms with Crippen LogP contribution in [0.4, 0.5) is 0 Å². The van der Waals surface area contributed by atoms with Gasteiger partial charge in [0.2, 0.25) is 0 Å². The molecule has 11 heavy (non-hydrogen) atoms. The molecule has 0 aliphatic carbocycles. The molecule has 0 saturated heterocycles. The zero-order valence-electron chi connectivity index (χ0n) is 6.25. The van der Waals surface area contributed by atoms with Gasteiger partial charge >= 0.3 is 0 Å². The SMILES string of the molecule is C=Cc1ccc(O)cc1CN. The van der Waals surface area contributed by atoms with E-state index in [1.54, 1.807) is 24.3 Å². The Balaban J connectivity index is 3.16. The highest BCUT2D eigenvalue weighted by molar-refractivity contribution is 5.53. The molecule has 58 valence electrons. The van der Waals surface area contributed by atoms with Gasteiger partial charge in [-0.05, 0) is 23.3 Å². The number of hydrogen-bond donors (Lipinski definition) is 2. The Labute approximate surface area is 66.0 Å². The van der Waals surface area contributed by atoms with Crippen molar-refractivity contribution in [1.82, 2.24) is 0 Å². The zero-order chi connectivity index (χ0) is 8.27. The van der Waals surface area contributed by atoms with Crippen molar-refractivity contribution in [3.8, 4) is 5.75 Å². The van der Waals surface area contributed by atoms with Gasteiger partial charge in [-0.1, -0.05) is 18.7 Å². The Hall–Kier alpha value is -1.28. The van der Waals surface area contributed by atoms with Gasteiger partial charge < -0.3 is 10.8 Å². The van der Waals surface area contributed by atoms with Gasteiger partial charge in [0.1, 0.15) is 5.75 Å². The van der Waals surface area contributed by atoms with E-state index in [4.69, 9.17) is 10.8 Å². The van der Waals surface area contributed by atoms with Crippen molar-refractivity contribution in [2.45, 2.75) is 6.54 Å². The lowest BCUT2D eigenvalue weighted by Gasteiger charge is -2.02. The van der Waals surface area contributed by atoms with Crippen molar-refractivity contribution in [2.75, 3.05) is 0 Å². The predicted molar refractivity (Wildman–Crippen MR) is 46.1 cm³/mol. The maximum Gasteiger partial charge on any atom is 0.115 e. The van der Waals surface area contributed by atoms with E-state index in [0.29, 0.717) is 6.54 Å². The summed E-state index contributed by atoms with van der Waals surface area (Å²) in [6.07, 6.45) is 1.72. The molecular weight excluding hydrogens is 138 g/mol. The molecule has 0 fully saturated rings. The van der Waals surface area contributed by atoms with Crippen LogP contribution in [0.25, 0.3) is 6.08 Å². The van der Waals surface area contributed by atoms with Crippen LogP contribution in [-0.4, -0.2) is 5.11 Å². The number of nitrogens with two attached hydrogens (primary N) is 1. The zero-order valence-corrected chi connectivity index (χ0v) is 6.25. The number of phenols is 1. The smallest absolute Gasteiger partial charge is 0.115 e. The van der Waals surface area contributed by atoms with Gasteiger partial charge in [0.05, 0.1) is 0 Å². The third kappa shape index (κ3) is 1.59. The van der Waals surface area contributed by atoms with Gasteiger partial charge in [-0.15, -0.1) is 0 Å². The molecule has 2 heteroatoms. The first-order valence-electron chi connectivity index (χ1n) is 3.42. The highest BCUT2D eigenvalue weighted by atomic mass is 16.3. The largest absolute Gasteiger partial charge is 0.508 e. The van der Waals surface area contributed by atoms with E-state index in [-0.39, 0.29) is 5.75 Å². The molecule has 3 N–H and O–H groups in total. The summed E-state index contributed by atoms with van der Waals surface area (Å²) >= 11 is 0. The molecule has 0 unspecified atom stereocenters. The number of benzene rings is 1. The Kier molecular flexibility index (Phi) is 2.28. The summed E-state index contributed by atoms with van der Waals surface area (Å²) in [6, 6.07) is 5.07. The second-order valence-corrected chi connectivity index (χ2v) is 2.29. The second kappa shape index (κ2) is 3.21. The lowest BCUT2D eigenvalue weighted by molar-refractivity contribution is 0.474. The Morgan fingerprint density at radius 2 is 2.27 bits per heavy atom. The number of phenolic OH excluding ortho intramolecular Hbond substituents is 1. The van der Waals surface area contributed by atoms with Crippen LogP contribution in [0, 0.1) is 0 Å². The van der Waals surface area contributed by atoms with E-state index >= 15 is 0 Å². The highest BCUT2D eigenvalue weighted by Crippen LogP contribution is 2.16. The van der Waals surface area contributed by atoms with E-state index < -0.39 is 0 Å². The minimum Gasteiger partial charge on any atom is -0.508 e. The van der Waals surface area contributed by atoms with E-state index in [9.17, 15) is 0 Å². The van der Waals surface area contributed by atoms with Gasteiger partial charge in [0, 0.05) is 6.54 Å². The third-order valence-corrected chi connectivity index (χ3v) is 1.57.